The number of rotatable bonds is 8. The molecule has 3 N–H and O–H groups in total. The fourth-order valence-electron chi connectivity index (χ4n) is 5.56. The van der Waals surface area contributed by atoms with E-state index in [1.165, 1.54) is 0 Å². The van der Waals surface area contributed by atoms with Gasteiger partial charge in [0.25, 0.3) is 5.91 Å². The minimum atomic E-state index is -4.25. The highest BCUT2D eigenvalue weighted by atomic mass is 32.2. The van der Waals surface area contributed by atoms with Crippen LogP contribution in [0.2, 0.25) is 0 Å². The topological polar surface area (TPSA) is 144 Å². The Bertz CT molecular complexity index is 1860. The van der Waals surface area contributed by atoms with Gasteiger partial charge in [-0.2, -0.15) is 9.40 Å². The first kappa shape index (κ1) is 31.3. The fourth-order valence-corrected chi connectivity index (χ4v) is 7.01. The van der Waals surface area contributed by atoms with E-state index in [0.717, 1.165) is 53.9 Å². The zero-order chi connectivity index (χ0) is 32.4. The number of pyridine rings is 1. The van der Waals surface area contributed by atoms with Crippen molar-refractivity contribution in [2.45, 2.75) is 24.3 Å². The van der Waals surface area contributed by atoms with Gasteiger partial charge in [-0.05, 0) is 55.1 Å². The monoisotopic (exact) mass is 650 g/mol. The number of carbonyl (C=O) groups excluding carboxylic acids is 2. The Morgan fingerprint density at radius 1 is 0.935 bits per heavy atom. The molecule has 4 aromatic rings. The first-order valence-electron chi connectivity index (χ1n) is 14.7. The van der Waals surface area contributed by atoms with Crippen molar-refractivity contribution in [3.05, 3.63) is 94.9 Å². The summed E-state index contributed by atoms with van der Waals surface area (Å²) in [5.74, 6) is -2.78. The molecule has 1 saturated heterocycles. The Morgan fingerprint density at radius 3 is 2.37 bits per heavy atom. The number of benzene rings is 2. The van der Waals surface area contributed by atoms with E-state index in [-0.39, 0.29) is 43.2 Å². The molecule has 1 fully saturated rings. The first-order valence-corrected chi connectivity index (χ1v) is 16.1. The molecule has 2 aromatic carbocycles. The third-order valence-electron chi connectivity index (χ3n) is 8.11. The van der Waals surface area contributed by atoms with E-state index in [0.29, 0.717) is 23.0 Å². The van der Waals surface area contributed by atoms with Crippen LogP contribution in [0.1, 0.15) is 27.2 Å². The van der Waals surface area contributed by atoms with Crippen LogP contribution in [0.5, 0.6) is 0 Å². The first-order chi connectivity index (χ1) is 22.1. The molecule has 6 rings (SSSR count). The molecule has 0 bridgehead atoms. The lowest BCUT2D eigenvalue weighted by Crippen LogP contribution is -2.44. The van der Waals surface area contributed by atoms with Gasteiger partial charge in [-0.25, -0.2) is 17.2 Å². The summed E-state index contributed by atoms with van der Waals surface area (Å²) in [7, 11) is -2.20. The Hall–Kier alpha value is -4.73. The Morgan fingerprint density at radius 2 is 1.65 bits per heavy atom. The molecule has 2 aliphatic rings. The highest BCUT2D eigenvalue weighted by Gasteiger charge is 2.32. The van der Waals surface area contributed by atoms with Crippen LogP contribution in [0.3, 0.4) is 0 Å². The van der Waals surface area contributed by atoms with Gasteiger partial charge in [0.15, 0.2) is 5.82 Å². The van der Waals surface area contributed by atoms with Gasteiger partial charge < -0.3 is 20.4 Å². The van der Waals surface area contributed by atoms with E-state index in [1.54, 1.807) is 36.7 Å². The van der Waals surface area contributed by atoms with Crippen molar-refractivity contribution in [3.8, 4) is 0 Å². The molecule has 2 aliphatic heterocycles. The van der Waals surface area contributed by atoms with E-state index in [4.69, 9.17) is 0 Å². The standard InChI is InChI=1S/C31H32F2N8O4S/c1-39-10-12-40(13-11-39)23-2-3-25(28(18-23)35-29(42)14-20-4-7-34-8-5-20)31(43)36-30-26-19-41(9-6-27(26)37-38-30)46(44,45)24-16-21(32)15-22(33)17-24/h2-5,7-8,15-18H,6,9-14,19H2,1H3,(H,35,42)(H2,36,37,38,43). The summed E-state index contributed by atoms with van der Waals surface area (Å²) < 4.78 is 55.3. The van der Waals surface area contributed by atoms with E-state index in [2.05, 4.69) is 42.7 Å². The van der Waals surface area contributed by atoms with Gasteiger partial charge >= 0.3 is 0 Å². The number of carbonyl (C=O) groups is 2. The molecule has 12 nitrogen and oxygen atoms in total. The zero-order valence-corrected chi connectivity index (χ0v) is 25.8. The SMILES string of the molecule is CN1CCN(c2ccc(C(=O)Nc3n[nH]c4c3CN(S(=O)(=O)c3cc(F)cc(F)c3)CC4)c(NC(=O)Cc3ccncc3)c2)CC1. The van der Waals surface area contributed by atoms with Gasteiger partial charge in [0.05, 0.1) is 22.6 Å². The maximum Gasteiger partial charge on any atom is 0.258 e. The second kappa shape index (κ2) is 12.9. The molecule has 0 aliphatic carbocycles. The number of halogens is 2. The summed E-state index contributed by atoms with van der Waals surface area (Å²) in [5.41, 5.74) is 3.18. The van der Waals surface area contributed by atoms with Gasteiger partial charge in [0.2, 0.25) is 15.9 Å². The fraction of sp³-hybridized carbons (Fsp3) is 0.290. The molecule has 0 spiro atoms. The van der Waals surface area contributed by atoms with E-state index in [9.17, 15) is 26.8 Å². The van der Waals surface area contributed by atoms with Crippen LogP contribution in [0.4, 0.5) is 26.0 Å². The number of aromatic amines is 1. The zero-order valence-electron chi connectivity index (χ0n) is 25.0. The number of aromatic nitrogens is 3. The molecule has 0 atom stereocenters. The molecule has 2 aromatic heterocycles. The number of likely N-dealkylation sites (N-methyl/N-ethyl adjacent to an activating group) is 1. The normalized spacial score (nSPS) is 15.8. The maximum atomic E-state index is 13.8. The minimum Gasteiger partial charge on any atom is -0.369 e. The van der Waals surface area contributed by atoms with Crippen LogP contribution in [0.25, 0.3) is 0 Å². The van der Waals surface area contributed by atoms with Crippen molar-refractivity contribution in [2.24, 2.45) is 0 Å². The summed E-state index contributed by atoms with van der Waals surface area (Å²) in [6, 6.07) is 10.8. The van der Waals surface area contributed by atoms with Crippen LogP contribution in [-0.2, 0) is 34.2 Å². The second-order valence-electron chi connectivity index (χ2n) is 11.3. The number of hydrogen-bond donors (Lipinski definition) is 3. The molecule has 46 heavy (non-hydrogen) atoms. The number of anilines is 3. The van der Waals surface area contributed by atoms with Crippen molar-refractivity contribution in [1.82, 2.24) is 24.4 Å². The van der Waals surface area contributed by atoms with E-state index in [1.807, 2.05) is 6.07 Å². The summed E-state index contributed by atoms with van der Waals surface area (Å²) in [6.45, 7) is 3.18. The van der Waals surface area contributed by atoms with Crippen molar-refractivity contribution < 1.29 is 26.8 Å². The molecular formula is C31H32F2N8O4S. The summed E-state index contributed by atoms with van der Waals surface area (Å²) in [4.78, 5) is 34.7. The van der Waals surface area contributed by atoms with Gasteiger partial charge in [-0.3, -0.25) is 19.7 Å². The summed E-state index contributed by atoms with van der Waals surface area (Å²) in [5, 5.41) is 12.7. The average molecular weight is 651 g/mol. The van der Waals surface area contributed by atoms with Crippen LogP contribution < -0.4 is 15.5 Å². The number of sulfonamides is 1. The van der Waals surface area contributed by atoms with Crippen LogP contribution in [-0.4, -0.2) is 84.4 Å². The second-order valence-corrected chi connectivity index (χ2v) is 13.2. The predicted molar refractivity (Wildman–Crippen MR) is 167 cm³/mol. The minimum absolute atomic E-state index is 0.0461. The van der Waals surface area contributed by atoms with Crippen molar-refractivity contribution >= 4 is 39.0 Å². The highest BCUT2D eigenvalue weighted by Crippen LogP contribution is 2.31. The van der Waals surface area contributed by atoms with Gasteiger partial charge in [0.1, 0.15) is 11.6 Å². The Labute approximate surface area is 264 Å². The number of amides is 2. The third-order valence-corrected chi connectivity index (χ3v) is 9.93. The number of H-pyrrole nitrogens is 1. The number of piperazine rings is 1. The van der Waals surface area contributed by atoms with Crippen LogP contribution in [0, 0.1) is 11.6 Å². The predicted octanol–water partition coefficient (Wildman–Crippen LogP) is 3.02. The molecule has 240 valence electrons. The maximum absolute atomic E-state index is 13.8. The average Bonchev–Trinajstić information content (AvgIpc) is 3.43. The largest absolute Gasteiger partial charge is 0.369 e. The van der Waals surface area contributed by atoms with Crippen LogP contribution >= 0.6 is 0 Å². The number of nitrogens with one attached hydrogen (secondary N) is 3. The molecule has 2 amide bonds. The third kappa shape index (κ3) is 6.76. The molecule has 0 radical (unpaired) electrons. The smallest absolute Gasteiger partial charge is 0.258 e. The van der Waals surface area contributed by atoms with Gasteiger partial charge in [-0.15, -0.1) is 0 Å². The molecule has 0 unspecified atom stereocenters. The van der Waals surface area contributed by atoms with Crippen molar-refractivity contribution in [1.29, 1.82) is 0 Å². The molecule has 4 heterocycles. The Kier molecular flexibility index (Phi) is 8.80. The molecule has 15 heteroatoms. The quantitative estimate of drug-likeness (QED) is 0.264. The molecule has 0 saturated carbocycles. The summed E-state index contributed by atoms with van der Waals surface area (Å²) in [6.07, 6.45) is 3.52. The van der Waals surface area contributed by atoms with Gasteiger partial charge in [0, 0.05) is 81.1 Å². The molecular weight excluding hydrogens is 618 g/mol. The number of fused-ring (bicyclic) bond motifs is 1. The lowest BCUT2D eigenvalue weighted by molar-refractivity contribution is -0.115. The van der Waals surface area contributed by atoms with E-state index >= 15 is 0 Å². The number of hydrogen-bond acceptors (Lipinski definition) is 8. The van der Waals surface area contributed by atoms with E-state index < -0.39 is 32.5 Å². The van der Waals surface area contributed by atoms with Crippen molar-refractivity contribution in [3.63, 3.8) is 0 Å². The van der Waals surface area contributed by atoms with Gasteiger partial charge in [-0.1, -0.05) is 0 Å². The number of nitrogens with zero attached hydrogens (tertiary/aromatic N) is 5. The lowest BCUT2D eigenvalue weighted by Gasteiger charge is -2.34. The highest BCUT2D eigenvalue weighted by molar-refractivity contribution is 7.89. The summed E-state index contributed by atoms with van der Waals surface area (Å²) >= 11 is 0. The lowest BCUT2D eigenvalue weighted by atomic mass is 10.1. The van der Waals surface area contributed by atoms with Crippen LogP contribution in [0.15, 0.2) is 65.8 Å². The Balaban J connectivity index is 1.24. The van der Waals surface area contributed by atoms with Crippen molar-refractivity contribution in [2.75, 3.05) is 55.3 Å².